The minimum Gasteiger partial charge on any atom is -0.395 e. The molecule has 0 spiro atoms. The molecule has 0 amide bonds. The van der Waals surface area contributed by atoms with Gasteiger partial charge in [-0.3, -0.25) is 0 Å². The lowest BCUT2D eigenvalue weighted by Gasteiger charge is -2.23. The summed E-state index contributed by atoms with van der Waals surface area (Å²) in [6.45, 7) is 1.87. The Bertz CT molecular complexity index is 328. The molecule has 1 atom stereocenters. The number of aliphatic hydroxyl groups excluding tert-OH is 2. The number of likely N-dealkylation sites (N-methyl/N-ethyl adjacent to an activating group) is 1. The Morgan fingerprint density at radius 2 is 2.13 bits per heavy atom. The minimum absolute atomic E-state index is 0.0515. The molecule has 84 valence electrons. The Labute approximate surface area is 88.8 Å². The van der Waals surface area contributed by atoms with E-state index in [1.807, 2.05) is 0 Å². The van der Waals surface area contributed by atoms with Crippen LogP contribution in [-0.2, 0) is 0 Å². The maximum Gasteiger partial charge on any atom is 0.146 e. The molecule has 0 radical (unpaired) electrons. The Morgan fingerprint density at radius 3 is 2.67 bits per heavy atom. The molecule has 0 aliphatic heterocycles. The molecule has 0 aliphatic carbocycles. The van der Waals surface area contributed by atoms with Crippen molar-refractivity contribution in [1.29, 1.82) is 0 Å². The van der Waals surface area contributed by atoms with Crippen molar-refractivity contribution in [2.24, 2.45) is 0 Å². The topological polar surface area (TPSA) is 43.7 Å². The highest BCUT2D eigenvalue weighted by Crippen LogP contribution is 2.28. The van der Waals surface area contributed by atoms with Crippen molar-refractivity contribution in [2.45, 2.75) is 13.0 Å². The van der Waals surface area contributed by atoms with Crippen LogP contribution in [0.4, 0.5) is 10.1 Å². The first-order valence-corrected chi connectivity index (χ1v) is 4.86. The van der Waals surface area contributed by atoms with Gasteiger partial charge in [0.05, 0.1) is 18.4 Å². The molecule has 0 saturated heterocycles. The molecule has 0 saturated carbocycles. The quantitative estimate of drug-likeness (QED) is 0.792. The summed E-state index contributed by atoms with van der Waals surface area (Å²) in [7, 11) is 1.68. The van der Waals surface area contributed by atoms with E-state index in [1.165, 1.54) is 6.07 Å². The fraction of sp³-hybridized carbons (Fsp3) is 0.455. The van der Waals surface area contributed by atoms with Crippen molar-refractivity contribution in [3.63, 3.8) is 0 Å². The largest absolute Gasteiger partial charge is 0.395 e. The van der Waals surface area contributed by atoms with Crippen LogP contribution in [0.5, 0.6) is 0 Å². The van der Waals surface area contributed by atoms with Gasteiger partial charge >= 0.3 is 0 Å². The number of halogens is 1. The van der Waals surface area contributed by atoms with Gasteiger partial charge < -0.3 is 15.1 Å². The Morgan fingerprint density at radius 1 is 1.47 bits per heavy atom. The molecule has 0 unspecified atom stereocenters. The van der Waals surface area contributed by atoms with Gasteiger partial charge in [0.2, 0.25) is 0 Å². The molecule has 1 aromatic rings. The van der Waals surface area contributed by atoms with Crippen LogP contribution in [0.25, 0.3) is 0 Å². The molecule has 3 nitrogen and oxygen atoms in total. The van der Waals surface area contributed by atoms with Crippen LogP contribution < -0.4 is 4.90 Å². The van der Waals surface area contributed by atoms with E-state index < -0.39 is 6.10 Å². The smallest absolute Gasteiger partial charge is 0.146 e. The summed E-state index contributed by atoms with van der Waals surface area (Å²) >= 11 is 0. The van der Waals surface area contributed by atoms with Crippen LogP contribution in [0, 0.1) is 5.82 Å². The van der Waals surface area contributed by atoms with E-state index in [0.717, 1.165) is 0 Å². The first-order chi connectivity index (χ1) is 7.07. The van der Waals surface area contributed by atoms with Crippen LogP contribution in [0.1, 0.15) is 18.6 Å². The Balaban J connectivity index is 3.12. The summed E-state index contributed by atoms with van der Waals surface area (Å²) in [5.41, 5.74) is 0.882. The van der Waals surface area contributed by atoms with Crippen molar-refractivity contribution < 1.29 is 14.6 Å². The van der Waals surface area contributed by atoms with Crippen molar-refractivity contribution >= 4 is 5.69 Å². The van der Waals surface area contributed by atoms with Crippen molar-refractivity contribution in [1.82, 2.24) is 0 Å². The van der Waals surface area contributed by atoms with Gasteiger partial charge in [-0.15, -0.1) is 0 Å². The van der Waals surface area contributed by atoms with Crippen molar-refractivity contribution in [2.75, 3.05) is 25.1 Å². The van der Waals surface area contributed by atoms with Crippen LogP contribution >= 0.6 is 0 Å². The van der Waals surface area contributed by atoms with E-state index >= 15 is 0 Å². The monoisotopic (exact) mass is 213 g/mol. The molecule has 0 heterocycles. The molecule has 0 aromatic heterocycles. The normalized spacial score (nSPS) is 12.6. The predicted octanol–water partition coefficient (Wildman–Crippen LogP) is 1.31. The first-order valence-electron chi connectivity index (χ1n) is 4.86. The number of hydrogen-bond acceptors (Lipinski definition) is 3. The number of rotatable bonds is 4. The number of para-hydroxylation sites is 1. The first kappa shape index (κ1) is 11.9. The van der Waals surface area contributed by atoms with Gasteiger partial charge in [0.15, 0.2) is 0 Å². The average molecular weight is 213 g/mol. The Hall–Kier alpha value is -1.13. The number of anilines is 1. The third-order valence-electron chi connectivity index (χ3n) is 2.29. The zero-order valence-corrected chi connectivity index (χ0v) is 8.94. The molecule has 1 aromatic carbocycles. The van der Waals surface area contributed by atoms with Crippen LogP contribution in [0.2, 0.25) is 0 Å². The van der Waals surface area contributed by atoms with Crippen LogP contribution in [-0.4, -0.2) is 30.4 Å². The number of aliphatic hydroxyl groups is 2. The summed E-state index contributed by atoms with van der Waals surface area (Å²) in [5.74, 6) is -0.385. The zero-order chi connectivity index (χ0) is 11.4. The van der Waals surface area contributed by atoms with Gasteiger partial charge in [0, 0.05) is 19.2 Å². The number of nitrogens with zero attached hydrogens (tertiary/aromatic N) is 1. The highest BCUT2D eigenvalue weighted by molar-refractivity contribution is 5.55. The maximum atomic E-state index is 13.5. The molecule has 0 bridgehead atoms. The lowest BCUT2D eigenvalue weighted by Crippen LogP contribution is -2.24. The summed E-state index contributed by atoms with van der Waals surface area (Å²) in [6.07, 6.45) is -0.725. The maximum absolute atomic E-state index is 13.5. The van der Waals surface area contributed by atoms with E-state index in [1.54, 1.807) is 31.0 Å². The van der Waals surface area contributed by atoms with Crippen molar-refractivity contribution in [3.8, 4) is 0 Å². The molecule has 0 aliphatic rings. The molecule has 2 N–H and O–H groups in total. The highest BCUT2D eigenvalue weighted by Gasteiger charge is 2.15. The van der Waals surface area contributed by atoms with Crippen molar-refractivity contribution in [3.05, 3.63) is 29.6 Å². The van der Waals surface area contributed by atoms with Gasteiger partial charge in [0.1, 0.15) is 5.82 Å². The van der Waals surface area contributed by atoms with Gasteiger partial charge in [-0.05, 0) is 13.0 Å². The van der Waals surface area contributed by atoms with Gasteiger partial charge in [-0.2, -0.15) is 0 Å². The molecular weight excluding hydrogens is 197 g/mol. The third kappa shape index (κ3) is 2.67. The second-order valence-electron chi connectivity index (χ2n) is 3.50. The van der Waals surface area contributed by atoms with E-state index in [2.05, 4.69) is 0 Å². The van der Waals surface area contributed by atoms with E-state index in [9.17, 15) is 9.50 Å². The van der Waals surface area contributed by atoms with E-state index in [4.69, 9.17) is 5.11 Å². The van der Waals surface area contributed by atoms with Gasteiger partial charge in [-0.1, -0.05) is 12.1 Å². The number of hydrogen-bond donors (Lipinski definition) is 2. The average Bonchev–Trinajstić information content (AvgIpc) is 2.17. The zero-order valence-electron chi connectivity index (χ0n) is 8.94. The predicted molar refractivity (Wildman–Crippen MR) is 57.4 cm³/mol. The second kappa shape index (κ2) is 5.09. The summed E-state index contributed by atoms with van der Waals surface area (Å²) < 4.78 is 13.5. The molecule has 1 rings (SSSR count). The highest BCUT2D eigenvalue weighted by atomic mass is 19.1. The second-order valence-corrected chi connectivity index (χ2v) is 3.50. The summed E-state index contributed by atoms with van der Waals surface area (Å²) in [5, 5.41) is 18.3. The molecular formula is C11H16FNO2. The minimum atomic E-state index is -0.725. The molecule has 15 heavy (non-hydrogen) atoms. The standard InChI is InChI=1S/C11H16FNO2/c1-8(15)9-4-3-5-10(12)11(9)13(2)6-7-14/h3-5,8,14-15H,6-7H2,1-2H3/t8-/m0/s1. The molecule has 0 fully saturated rings. The van der Waals surface area contributed by atoms with Gasteiger partial charge in [0.25, 0.3) is 0 Å². The SMILES string of the molecule is C[C@H](O)c1cccc(F)c1N(C)CCO. The van der Waals surface area contributed by atoms with Crippen LogP contribution in [0.15, 0.2) is 18.2 Å². The van der Waals surface area contributed by atoms with Gasteiger partial charge in [-0.25, -0.2) is 4.39 Å². The fourth-order valence-electron chi connectivity index (χ4n) is 1.53. The Kier molecular flexibility index (Phi) is 4.05. The number of benzene rings is 1. The lowest BCUT2D eigenvalue weighted by molar-refractivity contribution is 0.199. The lowest BCUT2D eigenvalue weighted by atomic mass is 10.1. The summed E-state index contributed by atoms with van der Waals surface area (Å²) in [4.78, 5) is 1.59. The fourth-order valence-corrected chi connectivity index (χ4v) is 1.53. The molecule has 4 heteroatoms. The third-order valence-corrected chi connectivity index (χ3v) is 2.29. The van der Waals surface area contributed by atoms with E-state index in [-0.39, 0.29) is 12.4 Å². The van der Waals surface area contributed by atoms with Crippen LogP contribution in [0.3, 0.4) is 0 Å². The van der Waals surface area contributed by atoms with E-state index in [0.29, 0.717) is 17.8 Å². The summed E-state index contributed by atoms with van der Waals surface area (Å²) in [6, 6.07) is 4.58.